The van der Waals surface area contributed by atoms with Crippen molar-refractivity contribution in [3.8, 4) is 0 Å². The fourth-order valence-corrected chi connectivity index (χ4v) is 2.68. The first-order valence-electron chi connectivity index (χ1n) is 6.58. The number of aliphatic hydroxyl groups is 1. The van der Waals surface area contributed by atoms with E-state index in [0.717, 1.165) is 6.42 Å². The summed E-state index contributed by atoms with van der Waals surface area (Å²) in [7, 11) is 5.80. The molecule has 1 amide bonds. The molecule has 0 aromatic carbocycles. The zero-order valence-corrected chi connectivity index (χ0v) is 11.8. The Morgan fingerprint density at radius 1 is 1.58 bits per heavy atom. The van der Waals surface area contributed by atoms with Crippen LogP contribution < -0.4 is 0 Å². The van der Waals surface area contributed by atoms with E-state index in [2.05, 4.69) is 9.88 Å². The number of aryl methyl sites for hydroxylation is 1. The van der Waals surface area contributed by atoms with Crippen molar-refractivity contribution < 1.29 is 9.90 Å². The van der Waals surface area contributed by atoms with Crippen molar-refractivity contribution in [3.63, 3.8) is 0 Å². The topological polar surface area (TPSA) is 61.6 Å². The fourth-order valence-electron chi connectivity index (χ4n) is 2.68. The highest BCUT2D eigenvalue weighted by Gasteiger charge is 2.33. The third-order valence-corrected chi connectivity index (χ3v) is 3.92. The van der Waals surface area contributed by atoms with Gasteiger partial charge in [-0.1, -0.05) is 0 Å². The summed E-state index contributed by atoms with van der Waals surface area (Å²) in [5.74, 6) is 0.677. The van der Waals surface area contributed by atoms with Crippen molar-refractivity contribution >= 4 is 5.91 Å². The standard InChI is InChI=1S/C13H22N4O2/c1-15(2)11-8-17(6-4-10(11)9-18)13(19)12-14-5-7-16(12)3/h5,7,10-11,18H,4,6,8-9H2,1-3H3/t10-,11-/m1/s1. The van der Waals surface area contributed by atoms with Gasteiger partial charge in [-0.15, -0.1) is 0 Å². The lowest BCUT2D eigenvalue weighted by molar-refractivity contribution is 0.0368. The number of aliphatic hydroxyl groups excluding tert-OH is 1. The molecule has 1 aliphatic heterocycles. The van der Waals surface area contributed by atoms with Crippen molar-refractivity contribution in [2.24, 2.45) is 13.0 Å². The first kappa shape index (κ1) is 14.0. The maximum atomic E-state index is 12.4. The van der Waals surface area contributed by atoms with Crippen molar-refractivity contribution in [1.82, 2.24) is 19.4 Å². The van der Waals surface area contributed by atoms with Crippen LogP contribution in [0.4, 0.5) is 0 Å². The Hall–Kier alpha value is -1.40. The molecule has 1 fully saturated rings. The van der Waals surface area contributed by atoms with Gasteiger partial charge >= 0.3 is 0 Å². The molecule has 1 saturated heterocycles. The minimum absolute atomic E-state index is 0.0317. The van der Waals surface area contributed by atoms with E-state index >= 15 is 0 Å². The third kappa shape index (κ3) is 2.79. The zero-order chi connectivity index (χ0) is 14.0. The van der Waals surface area contributed by atoms with Crippen LogP contribution in [0.15, 0.2) is 12.4 Å². The molecule has 0 unspecified atom stereocenters. The second-order valence-electron chi connectivity index (χ2n) is 5.38. The Morgan fingerprint density at radius 3 is 2.84 bits per heavy atom. The highest BCUT2D eigenvalue weighted by molar-refractivity contribution is 5.90. The van der Waals surface area contributed by atoms with E-state index in [1.165, 1.54) is 0 Å². The molecule has 19 heavy (non-hydrogen) atoms. The monoisotopic (exact) mass is 266 g/mol. The fraction of sp³-hybridized carbons (Fsp3) is 0.692. The van der Waals surface area contributed by atoms with Crippen LogP contribution in [0.25, 0.3) is 0 Å². The highest BCUT2D eigenvalue weighted by atomic mass is 16.3. The van der Waals surface area contributed by atoms with E-state index in [9.17, 15) is 9.90 Å². The molecule has 2 atom stereocenters. The average molecular weight is 266 g/mol. The molecule has 6 heteroatoms. The second kappa shape index (κ2) is 5.71. The Balaban J connectivity index is 2.11. The van der Waals surface area contributed by atoms with Gasteiger partial charge in [0.05, 0.1) is 0 Å². The molecule has 6 nitrogen and oxygen atoms in total. The van der Waals surface area contributed by atoms with Crippen LogP contribution in [0.3, 0.4) is 0 Å². The molecule has 2 heterocycles. The molecule has 1 aromatic heterocycles. The predicted molar refractivity (Wildman–Crippen MR) is 71.8 cm³/mol. The predicted octanol–water partition coefficient (Wildman–Crippen LogP) is -0.195. The molecule has 0 spiro atoms. The first-order chi connectivity index (χ1) is 9.04. The molecule has 0 bridgehead atoms. The normalized spacial score (nSPS) is 23.9. The van der Waals surface area contributed by atoms with Gasteiger partial charge in [-0.2, -0.15) is 0 Å². The van der Waals surface area contributed by atoms with Gasteiger partial charge in [0, 0.05) is 51.1 Å². The van der Waals surface area contributed by atoms with Gasteiger partial charge in [0.2, 0.25) is 0 Å². The summed E-state index contributed by atoms with van der Waals surface area (Å²) in [6.07, 6.45) is 4.24. The first-order valence-corrected chi connectivity index (χ1v) is 6.58. The van der Waals surface area contributed by atoms with Crippen molar-refractivity contribution in [1.29, 1.82) is 0 Å². The summed E-state index contributed by atoms with van der Waals surface area (Å²) < 4.78 is 1.74. The van der Waals surface area contributed by atoms with Gasteiger partial charge in [0.25, 0.3) is 5.91 Å². The quantitative estimate of drug-likeness (QED) is 0.823. The number of carbonyl (C=O) groups is 1. The van der Waals surface area contributed by atoms with Gasteiger partial charge in [0.15, 0.2) is 5.82 Å². The molecular weight excluding hydrogens is 244 g/mol. The number of aromatic nitrogens is 2. The van der Waals surface area contributed by atoms with Crippen LogP contribution in [0.1, 0.15) is 17.0 Å². The molecule has 1 N–H and O–H groups in total. The van der Waals surface area contributed by atoms with Crippen molar-refractivity contribution in [2.75, 3.05) is 33.8 Å². The lowest BCUT2D eigenvalue weighted by Gasteiger charge is -2.40. The van der Waals surface area contributed by atoms with Crippen molar-refractivity contribution in [3.05, 3.63) is 18.2 Å². The molecule has 2 rings (SSSR count). The van der Waals surface area contributed by atoms with Gasteiger partial charge in [-0.3, -0.25) is 4.79 Å². The molecule has 0 aliphatic carbocycles. The number of amides is 1. The Kier molecular flexibility index (Phi) is 4.21. The number of imidazole rings is 1. The highest BCUT2D eigenvalue weighted by Crippen LogP contribution is 2.21. The minimum Gasteiger partial charge on any atom is -0.396 e. The number of hydrogen-bond acceptors (Lipinski definition) is 4. The maximum absolute atomic E-state index is 12.4. The SMILES string of the molecule is CN(C)[C@@H]1CN(C(=O)c2nccn2C)CC[C@@H]1CO. The second-order valence-corrected chi connectivity index (χ2v) is 5.38. The lowest BCUT2D eigenvalue weighted by Crippen LogP contribution is -2.53. The number of piperidine rings is 1. The number of hydrogen-bond donors (Lipinski definition) is 1. The number of carbonyl (C=O) groups excluding carboxylic acids is 1. The summed E-state index contributed by atoms with van der Waals surface area (Å²) in [5.41, 5.74) is 0. The van der Waals surface area contributed by atoms with E-state index in [1.54, 1.807) is 17.0 Å². The minimum atomic E-state index is -0.0317. The Bertz CT molecular complexity index is 444. The number of nitrogens with zero attached hydrogens (tertiary/aromatic N) is 4. The Morgan fingerprint density at radius 2 is 2.32 bits per heavy atom. The maximum Gasteiger partial charge on any atom is 0.289 e. The summed E-state index contributed by atoms with van der Waals surface area (Å²) in [6.45, 7) is 1.50. The van der Waals surface area contributed by atoms with Crippen LogP contribution in [0, 0.1) is 5.92 Å². The van der Waals surface area contributed by atoms with Crippen LogP contribution in [-0.4, -0.2) is 70.2 Å². The zero-order valence-electron chi connectivity index (χ0n) is 11.8. The number of rotatable bonds is 3. The lowest BCUT2D eigenvalue weighted by atomic mass is 9.91. The van der Waals surface area contributed by atoms with E-state index in [-0.39, 0.29) is 24.5 Å². The third-order valence-electron chi connectivity index (χ3n) is 3.92. The molecule has 0 radical (unpaired) electrons. The smallest absolute Gasteiger partial charge is 0.289 e. The molecule has 0 saturated carbocycles. The molecular formula is C13H22N4O2. The van der Waals surface area contributed by atoms with E-state index in [4.69, 9.17) is 0 Å². The van der Waals surface area contributed by atoms with Crippen LogP contribution >= 0.6 is 0 Å². The van der Waals surface area contributed by atoms with E-state index < -0.39 is 0 Å². The Labute approximate surface area is 113 Å². The van der Waals surface area contributed by atoms with Crippen molar-refractivity contribution in [2.45, 2.75) is 12.5 Å². The largest absolute Gasteiger partial charge is 0.396 e. The molecule has 1 aliphatic rings. The summed E-state index contributed by atoms with van der Waals surface area (Å²) in [5, 5.41) is 9.42. The van der Waals surface area contributed by atoms with Gasteiger partial charge in [-0.05, 0) is 20.5 Å². The van der Waals surface area contributed by atoms with Crippen LogP contribution in [0.5, 0.6) is 0 Å². The van der Waals surface area contributed by atoms with Gasteiger partial charge in [0.1, 0.15) is 0 Å². The summed E-state index contributed by atoms with van der Waals surface area (Å²) in [4.78, 5) is 20.4. The number of likely N-dealkylation sites (N-methyl/N-ethyl adjacent to an activating group) is 1. The van der Waals surface area contributed by atoms with E-state index in [0.29, 0.717) is 18.9 Å². The van der Waals surface area contributed by atoms with Gasteiger partial charge in [-0.25, -0.2) is 4.98 Å². The van der Waals surface area contributed by atoms with E-state index in [1.807, 2.05) is 26.0 Å². The molecule has 1 aromatic rings. The summed E-state index contributed by atoms with van der Waals surface area (Å²) >= 11 is 0. The summed E-state index contributed by atoms with van der Waals surface area (Å²) in [6, 6.07) is 0.197. The number of likely N-dealkylation sites (tertiary alicyclic amines) is 1. The molecule has 106 valence electrons. The average Bonchev–Trinajstić information content (AvgIpc) is 2.83. The van der Waals surface area contributed by atoms with Gasteiger partial charge < -0.3 is 19.5 Å². The van der Waals surface area contributed by atoms with Crippen LogP contribution in [0.2, 0.25) is 0 Å². The van der Waals surface area contributed by atoms with Crippen LogP contribution in [-0.2, 0) is 7.05 Å².